The molecule has 0 bridgehead atoms. The Morgan fingerprint density at radius 1 is 1.35 bits per heavy atom. The van der Waals surface area contributed by atoms with Crippen molar-refractivity contribution in [1.29, 1.82) is 0 Å². The molecule has 1 amide bonds. The molecule has 118 valence electrons. The Kier molecular flexibility index (Phi) is 3.14. The molecule has 7 heteroatoms. The van der Waals surface area contributed by atoms with Crippen molar-refractivity contribution in [1.82, 2.24) is 10.1 Å². The molecule has 1 aliphatic heterocycles. The summed E-state index contributed by atoms with van der Waals surface area (Å²) in [5.74, 6) is -0.214. The van der Waals surface area contributed by atoms with Crippen LogP contribution in [0.5, 0.6) is 0 Å². The Labute approximate surface area is 131 Å². The van der Waals surface area contributed by atoms with Crippen molar-refractivity contribution >= 4 is 17.6 Å². The lowest BCUT2D eigenvalue weighted by atomic mass is 10.1. The van der Waals surface area contributed by atoms with Crippen LogP contribution in [0.15, 0.2) is 28.8 Å². The number of rotatable bonds is 4. The van der Waals surface area contributed by atoms with Gasteiger partial charge in [0.15, 0.2) is 5.82 Å². The van der Waals surface area contributed by atoms with Gasteiger partial charge in [0.25, 0.3) is 5.89 Å². The first-order chi connectivity index (χ1) is 11.1. The van der Waals surface area contributed by atoms with Gasteiger partial charge in [-0.25, -0.2) is 0 Å². The van der Waals surface area contributed by atoms with Crippen molar-refractivity contribution in [2.45, 2.75) is 25.2 Å². The van der Waals surface area contributed by atoms with Gasteiger partial charge in [-0.2, -0.15) is 4.98 Å². The third-order valence-electron chi connectivity index (χ3n) is 4.26. The number of carbonyl (C=O) groups excluding carboxylic acids is 1. The minimum Gasteiger partial charge on any atom is -0.481 e. The van der Waals surface area contributed by atoms with E-state index in [1.165, 1.54) is 4.90 Å². The van der Waals surface area contributed by atoms with Crippen molar-refractivity contribution in [3.05, 3.63) is 30.1 Å². The number of aliphatic carboxylic acids is 1. The molecular weight excluding hydrogens is 298 g/mol. The Balaban J connectivity index is 1.60. The molecule has 2 aliphatic rings. The molecule has 1 atom stereocenters. The smallest absolute Gasteiger partial charge is 0.308 e. The summed E-state index contributed by atoms with van der Waals surface area (Å²) in [7, 11) is 0. The highest BCUT2D eigenvalue weighted by Gasteiger charge is 2.35. The fourth-order valence-corrected chi connectivity index (χ4v) is 2.79. The molecule has 0 radical (unpaired) electrons. The predicted molar refractivity (Wildman–Crippen MR) is 79.8 cm³/mol. The second kappa shape index (κ2) is 5.19. The number of nitrogens with zero attached hydrogens (tertiary/aromatic N) is 3. The number of benzene rings is 1. The lowest BCUT2D eigenvalue weighted by Gasteiger charge is -2.16. The van der Waals surface area contributed by atoms with Crippen LogP contribution < -0.4 is 4.90 Å². The number of hydrogen-bond acceptors (Lipinski definition) is 5. The predicted octanol–water partition coefficient (Wildman–Crippen LogP) is 2.05. The van der Waals surface area contributed by atoms with Crippen LogP contribution in [0.4, 0.5) is 5.69 Å². The van der Waals surface area contributed by atoms with Gasteiger partial charge in [-0.15, -0.1) is 0 Å². The first kappa shape index (κ1) is 13.9. The van der Waals surface area contributed by atoms with E-state index in [0.717, 1.165) is 24.2 Å². The van der Waals surface area contributed by atoms with E-state index in [0.29, 0.717) is 17.5 Å². The van der Waals surface area contributed by atoms with Crippen LogP contribution >= 0.6 is 0 Å². The van der Waals surface area contributed by atoms with E-state index in [1.807, 2.05) is 6.07 Å². The number of carboxylic acid groups (broad SMARTS) is 1. The summed E-state index contributed by atoms with van der Waals surface area (Å²) in [6.07, 6.45) is 2.22. The third kappa shape index (κ3) is 2.58. The van der Waals surface area contributed by atoms with Crippen LogP contribution in [0.1, 0.15) is 31.0 Å². The summed E-state index contributed by atoms with van der Waals surface area (Å²) < 4.78 is 5.30. The highest BCUT2D eigenvalue weighted by molar-refractivity contribution is 5.99. The number of carboxylic acids is 1. The SMILES string of the molecule is O=C(O)C1CC(=O)N(c2cccc(-c3nc(C4CC4)no3)c2)C1. The molecule has 1 saturated carbocycles. The molecule has 2 fully saturated rings. The van der Waals surface area contributed by atoms with Crippen LogP contribution in [0.2, 0.25) is 0 Å². The van der Waals surface area contributed by atoms with E-state index in [4.69, 9.17) is 9.63 Å². The number of amides is 1. The average molecular weight is 313 g/mol. The Bertz CT molecular complexity index is 781. The Hall–Kier alpha value is -2.70. The third-order valence-corrected chi connectivity index (χ3v) is 4.26. The molecule has 7 nitrogen and oxygen atoms in total. The van der Waals surface area contributed by atoms with Gasteiger partial charge in [-0.3, -0.25) is 9.59 Å². The molecule has 0 spiro atoms. The van der Waals surface area contributed by atoms with Crippen LogP contribution in [0.3, 0.4) is 0 Å². The van der Waals surface area contributed by atoms with Crippen molar-refractivity contribution in [2.24, 2.45) is 5.92 Å². The fraction of sp³-hybridized carbons (Fsp3) is 0.375. The topological polar surface area (TPSA) is 96.5 Å². The molecule has 1 unspecified atom stereocenters. The second-order valence-corrected chi connectivity index (χ2v) is 6.03. The van der Waals surface area contributed by atoms with Gasteiger partial charge < -0.3 is 14.5 Å². The van der Waals surface area contributed by atoms with Gasteiger partial charge in [0, 0.05) is 30.1 Å². The van der Waals surface area contributed by atoms with Gasteiger partial charge in [0.05, 0.1) is 5.92 Å². The highest BCUT2D eigenvalue weighted by atomic mass is 16.5. The zero-order chi connectivity index (χ0) is 16.0. The van der Waals surface area contributed by atoms with E-state index in [-0.39, 0.29) is 18.9 Å². The normalized spacial score (nSPS) is 21.0. The summed E-state index contributed by atoms with van der Waals surface area (Å²) in [5, 5.41) is 13.1. The zero-order valence-corrected chi connectivity index (χ0v) is 12.3. The van der Waals surface area contributed by atoms with Crippen LogP contribution in [-0.2, 0) is 9.59 Å². The van der Waals surface area contributed by atoms with Crippen molar-refractivity contribution in [2.75, 3.05) is 11.4 Å². The van der Waals surface area contributed by atoms with E-state index in [9.17, 15) is 9.59 Å². The molecule has 2 aromatic rings. The zero-order valence-electron chi connectivity index (χ0n) is 12.3. The molecule has 1 N–H and O–H groups in total. The lowest BCUT2D eigenvalue weighted by Crippen LogP contribution is -2.25. The minimum absolute atomic E-state index is 0.0337. The quantitative estimate of drug-likeness (QED) is 0.928. The molecule has 1 aromatic carbocycles. The number of aromatic nitrogens is 2. The molecule has 2 heterocycles. The summed E-state index contributed by atoms with van der Waals surface area (Å²) in [6, 6.07) is 7.20. The van der Waals surface area contributed by atoms with Crippen molar-refractivity contribution in [3.8, 4) is 11.5 Å². The van der Waals surface area contributed by atoms with Crippen LogP contribution in [0.25, 0.3) is 11.5 Å². The fourth-order valence-electron chi connectivity index (χ4n) is 2.79. The summed E-state index contributed by atoms with van der Waals surface area (Å²) >= 11 is 0. The maximum Gasteiger partial charge on any atom is 0.308 e. The number of carbonyl (C=O) groups is 2. The minimum atomic E-state index is -0.942. The largest absolute Gasteiger partial charge is 0.481 e. The summed E-state index contributed by atoms with van der Waals surface area (Å²) in [5.41, 5.74) is 1.39. The highest BCUT2D eigenvalue weighted by Crippen LogP contribution is 2.39. The second-order valence-electron chi connectivity index (χ2n) is 6.03. The van der Waals surface area contributed by atoms with Crippen molar-refractivity contribution in [3.63, 3.8) is 0 Å². The molecule has 4 rings (SSSR count). The molecule has 1 saturated heterocycles. The number of anilines is 1. The van der Waals surface area contributed by atoms with E-state index in [2.05, 4.69) is 10.1 Å². The maximum absolute atomic E-state index is 12.1. The van der Waals surface area contributed by atoms with Crippen LogP contribution in [0, 0.1) is 5.92 Å². The Morgan fingerprint density at radius 2 is 2.17 bits per heavy atom. The van der Waals surface area contributed by atoms with Gasteiger partial charge in [0.2, 0.25) is 5.91 Å². The molecule has 1 aromatic heterocycles. The average Bonchev–Trinajstić information content (AvgIpc) is 3.14. The maximum atomic E-state index is 12.1. The van der Waals surface area contributed by atoms with Gasteiger partial charge in [0.1, 0.15) is 0 Å². The number of hydrogen-bond donors (Lipinski definition) is 1. The standard InChI is InChI=1S/C16H15N3O4/c20-13-7-11(16(21)22)8-19(13)12-3-1-2-10(6-12)15-17-14(18-23-15)9-4-5-9/h1-3,6,9,11H,4-5,7-8H2,(H,21,22). The summed E-state index contributed by atoms with van der Waals surface area (Å²) in [6.45, 7) is 0.189. The molecular formula is C16H15N3O4. The summed E-state index contributed by atoms with van der Waals surface area (Å²) in [4.78, 5) is 29.0. The van der Waals surface area contributed by atoms with Gasteiger partial charge >= 0.3 is 5.97 Å². The van der Waals surface area contributed by atoms with Gasteiger partial charge in [-0.05, 0) is 31.0 Å². The van der Waals surface area contributed by atoms with E-state index in [1.54, 1.807) is 18.2 Å². The van der Waals surface area contributed by atoms with Crippen molar-refractivity contribution < 1.29 is 19.2 Å². The Morgan fingerprint density at radius 3 is 2.87 bits per heavy atom. The monoisotopic (exact) mass is 313 g/mol. The lowest BCUT2D eigenvalue weighted by molar-refractivity contribution is -0.141. The first-order valence-corrected chi connectivity index (χ1v) is 7.59. The van der Waals surface area contributed by atoms with Crippen LogP contribution in [-0.4, -0.2) is 33.7 Å². The molecule has 23 heavy (non-hydrogen) atoms. The van der Waals surface area contributed by atoms with E-state index >= 15 is 0 Å². The van der Waals surface area contributed by atoms with E-state index < -0.39 is 11.9 Å². The van der Waals surface area contributed by atoms with Gasteiger partial charge in [-0.1, -0.05) is 11.2 Å². The molecule has 1 aliphatic carbocycles. The first-order valence-electron chi connectivity index (χ1n) is 7.59.